The normalized spacial score (nSPS) is 10.7. The molecule has 0 saturated carbocycles. The predicted molar refractivity (Wildman–Crippen MR) is 86.9 cm³/mol. The number of hydrogen-bond donors (Lipinski definition) is 2. The molecule has 118 valence electrons. The monoisotopic (exact) mass is 293 g/mol. The smallest absolute Gasteiger partial charge is 0.238 e. The number of amides is 1. The number of nitrogens with one attached hydrogen (secondary N) is 2. The molecular formula is C16H27N3O2. The number of nitrogens with zero attached hydrogens (tertiary/aromatic N) is 1. The standard InChI is InChI=1S/C16H27N3O2/c1-4-11-19(5-2)12-10-17-13-16(20)18-14-6-8-15(21-3)9-7-14/h6-9,17H,4-5,10-13H2,1-3H3,(H,18,20). The second-order valence-corrected chi connectivity index (χ2v) is 4.89. The quantitative estimate of drug-likeness (QED) is 0.648. The second kappa shape index (κ2) is 10.2. The molecule has 1 rings (SSSR count). The third-order valence-corrected chi connectivity index (χ3v) is 3.25. The third-order valence-electron chi connectivity index (χ3n) is 3.25. The lowest BCUT2D eigenvalue weighted by Crippen LogP contribution is -2.36. The Morgan fingerprint density at radius 3 is 2.48 bits per heavy atom. The van der Waals surface area contributed by atoms with Gasteiger partial charge in [0.1, 0.15) is 5.75 Å². The molecule has 1 amide bonds. The first kappa shape index (κ1) is 17.5. The molecule has 0 aliphatic heterocycles. The molecule has 1 aromatic rings. The van der Waals surface area contributed by atoms with Crippen LogP contribution in [0, 0.1) is 0 Å². The van der Waals surface area contributed by atoms with Gasteiger partial charge in [-0.05, 0) is 43.8 Å². The average molecular weight is 293 g/mol. The zero-order chi connectivity index (χ0) is 15.5. The summed E-state index contributed by atoms with van der Waals surface area (Å²) in [6, 6.07) is 7.31. The van der Waals surface area contributed by atoms with Gasteiger partial charge in [0.05, 0.1) is 13.7 Å². The van der Waals surface area contributed by atoms with Crippen LogP contribution in [0.3, 0.4) is 0 Å². The molecule has 0 aromatic heterocycles. The number of carbonyl (C=O) groups excluding carboxylic acids is 1. The maximum Gasteiger partial charge on any atom is 0.238 e. The summed E-state index contributed by atoms with van der Waals surface area (Å²) in [7, 11) is 1.62. The van der Waals surface area contributed by atoms with E-state index in [1.54, 1.807) is 7.11 Å². The van der Waals surface area contributed by atoms with Crippen molar-refractivity contribution < 1.29 is 9.53 Å². The molecule has 0 atom stereocenters. The lowest BCUT2D eigenvalue weighted by Gasteiger charge is -2.19. The SMILES string of the molecule is CCCN(CC)CCNCC(=O)Nc1ccc(OC)cc1. The Balaban J connectivity index is 2.21. The number of anilines is 1. The number of methoxy groups -OCH3 is 1. The first-order chi connectivity index (χ1) is 10.2. The van der Waals surface area contributed by atoms with Crippen LogP contribution in [0.5, 0.6) is 5.75 Å². The van der Waals surface area contributed by atoms with Gasteiger partial charge < -0.3 is 20.3 Å². The van der Waals surface area contributed by atoms with Gasteiger partial charge in [0, 0.05) is 18.8 Å². The van der Waals surface area contributed by atoms with E-state index >= 15 is 0 Å². The highest BCUT2D eigenvalue weighted by Crippen LogP contribution is 2.14. The van der Waals surface area contributed by atoms with Crippen LogP contribution in [0.4, 0.5) is 5.69 Å². The Morgan fingerprint density at radius 2 is 1.90 bits per heavy atom. The fraction of sp³-hybridized carbons (Fsp3) is 0.562. The molecule has 0 saturated heterocycles. The fourth-order valence-corrected chi connectivity index (χ4v) is 2.06. The van der Waals surface area contributed by atoms with Gasteiger partial charge in [-0.2, -0.15) is 0 Å². The Kier molecular flexibility index (Phi) is 8.47. The molecule has 0 heterocycles. The summed E-state index contributed by atoms with van der Waals surface area (Å²) < 4.78 is 5.08. The van der Waals surface area contributed by atoms with Crippen LogP contribution in [0.15, 0.2) is 24.3 Å². The molecule has 0 unspecified atom stereocenters. The summed E-state index contributed by atoms with van der Waals surface area (Å²) in [4.78, 5) is 14.2. The largest absolute Gasteiger partial charge is 0.497 e. The number of ether oxygens (including phenoxy) is 1. The van der Waals surface area contributed by atoms with Gasteiger partial charge in [0.2, 0.25) is 5.91 Å². The summed E-state index contributed by atoms with van der Waals surface area (Å²) in [6.45, 7) is 8.62. The third kappa shape index (κ3) is 7.11. The number of rotatable bonds is 10. The van der Waals surface area contributed by atoms with Crippen LogP contribution in [-0.4, -0.2) is 50.6 Å². The van der Waals surface area contributed by atoms with E-state index in [2.05, 4.69) is 29.4 Å². The van der Waals surface area contributed by atoms with Gasteiger partial charge in [-0.3, -0.25) is 4.79 Å². The lowest BCUT2D eigenvalue weighted by atomic mass is 10.3. The van der Waals surface area contributed by atoms with Gasteiger partial charge in [0.25, 0.3) is 0 Å². The molecule has 5 nitrogen and oxygen atoms in total. The molecule has 0 fully saturated rings. The Labute approximate surface area is 127 Å². The van der Waals surface area contributed by atoms with Crippen LogP contribution in [0.1, 0.15) is 20.3 Å². The van der Waals surface area contributed by atoms with Gasteiger partial charge in [0.15, 0.2) is 0 Å². The van der Waals surface area contributed by atoms with Crippen LogP contribution in [0.2, 0.25) is 0 Å². The van der Waals surface area contributed by atoms with Gasteiger partial charge in [-0.25, -0.2) is 0 Å². The Bertz CT molecular complexity index is 406. The van der Waals surface area contributed by atoms with Crippen molar-refractivity contribution in [2.75, 3.05) is 45.2 Å². The van der Waals surface area contributed by atoms with Crippen molar-refractivity contribution >= 4 is 11.6 Å². The maximum atomic E-state index is 11.8. The topological polar surface area (TPSA) is 53.6 Å². The molecular weight excluding hydrogens is 266 g/mol. The number of likely N-dealkylation sites (N-methyl/N-ethyl adjacent to an activating group) is 1. The molecule has 1 aromatic carbocycles. The van der Waals surface area contributed by atoms with E-state index in [0.717, 1.165) is 44.0 Å². The minimum absolute atomic E-state index is 0.0290. The second-order valence-electron chi connectivity index (χ2n) is 4.89. The summed E-state index contributed by atoms with van der Waals surface area (Å²) in [6.07, 6.45) is 1.16. The van der Waals surface area contributed by atoms with Crippen molar-refractivity contribution in [1.82, 2.24) is 10.2 Å². The zero-order valence-electron chi connectivity index (χ0n) is 13.3. The Morgan fingerprint density at radius 1 is 1.19 bits per heavy atom. The average Bonchev–Trinajstić information content (AvgIpc) is 2.51. The highest BCUT2D eigenvalue weighted by Gasteiger charge is 2.03. The lowest BCUT2D eigenvalue weighted by molar-refractivity contribution is -0.115. The van der Waals surface area contributed by atoms with Crippen molar-refractivity contribution in [3.05, 3.63) is 24.3 Å². The van der Waals surface area contributed by atoms with Crippen molar-refractivity contribution in [1.29, 1.82) is 0 Å². The summed E-state index contributed by atoms with van der Waals surface area (Å²) in [5, 5.41) is 6.02. The first-order valence-electron chi connectivity index (χ1n) is 7.56. The molecule has 0 bridgehead atoms. The molecule has 0 aliphatic rings. The zero-order valence-corrected chi connectivity index (χ0v) is 13.3. The number of benzene rings is 1. The summed E-state index contributed by atoms with van der Waals surface area (Å²) in [5.41, 5.74) is 0.781. The molecule has 0 aliphatic carbocycles. The highest BCUT2D eigenvalue weighted by atomic mass is 16.5. The van der Waals surface area contributed by atoms with Crippen molar-refractivity contribution in [3.8, 4) is 5.75 Å². The molecule has 0 spiro atoms. The van der Waals surface area contributed by atoms with Crippen LogP contribution < -0.4 is 15.4 Å². The van der Waals surface area contributed by atoms with Gasteiger partial charge in [-0.1, -0.05) is 13.8 Å². The fourth-order valence-electron chi connectivity index (χ4n) is 2.06. The van der Waals surface area contributed by atoms with Crippen molar-refractivity contribution in [2.45, 2.75) is 20.3 Å². The highest BCUT2D eigenvalue weighted by molar-refractivity contribution is 5.92. The first-order valence-corrected chi connectivity index (χ1v) is 7.56. The van der Waals surface area contributed by atoms with E-state index in [-0.39, 0.29) is 5.91 Å². The van der Waals surface area contributed by atoms with E-state index in [1.165, 1.54) is 0 Å². The van der Waals surface area contributed by atoms with E-state index in [1.807, 2.05) is 24.3 Å². The van der Waals surface area contributed by atoms with E-state index < -0.39 is 0 Å². The minimum atomic E-state index is -0.0290. The minimum Gasteiger partial charge on any atom is -0.497 e. The summed E-state index contributed by atoms with van der Waals surface area (Å²) >= 11 is 0. The molecule has 2 N–H and O–H groups in total. The number of hydrogen-bond acceptors (Lipinski definition) is 4. The summed E-state index contributed by atoms with van der Waals surface area (Å²) in [5.74, 6) is 0.750. The molecule has 5 heteroatoms. The Hall–Kier alpha value is -1.59. The van der Waals surface area contributed by atoms with E-state index in [4.69, 9.17) is 4.74 Å². The predicted octanol–water partition coefficient (Wildman–Crippen LogP) is 1.96. The van der Waals surface area contributed by atoms with Crippen LogP contribution in [-0.2, 0) is 4.79 Å². The van der Waals surface area contributed by atoms with E-state index in [9.17, 15) is 4.79 Å². The molecule has 0 radical (unpaired) electrons. The van der Waals surface area contributed by atoms with Crippen LogP contribution >= 0.6 is 0 Å². The maximum absolute atomic E-state index is 11.8. The van der Waals surface area contributed by atoms with Crippen molar-refractivity contribution in [3.63, 3.8) is 0 Å². The molecule has 21 heavy (non-hydrogen) atoms. The van der Waals surface area contributed by atoms with Gasteiger partial charge >= 0.3 is 0 Å². The number of carbonyl (C=O) groups is 1. The van der Waals surface area contributed by atoms with Crippen LogP contribution in [0.25, 0.3) is 0 Å². The van der Waals surface area contributed by atoms with E-state index in [0.29, 0.717) is 6.54 Å². The van der Waals surface area contributed by atoms with Gasteiger partial charge in [-0.15, -0.1) is 0 Å². The van der Waals surface area contributed by atoms with Crippen molar-refractivity contribution in [2.24, 2.45) is 0 Å².